The molecule has 5 nitrogen and oxygen atoms in total. The molecule has 0 saturated carbocycles. The summed E-state index contributed by atoms with van der Waals surface area (Å²) in [5.41, 5.74) is 0. The molecule has 1 aromatic rings. The van der Waals surface area contributed by atoms with Gasteiger partial charge in [0, 0.05) is 13.1 Å². The second-order valence-corrected chi connectivity index (χ2v) is 2.90. The van der Waals surface area contributed by atoms with Gasteiger partial charge in [-0.15, -0.1) is 0 Å². The zero-order valence-electron chi connectivity index (χ0n) is 7.27. The quantitative estimate of drug-likeness (QED) is 0.548. The van der Waals surface area contributed by atoms with Gasteiger partial charge >= 0.3 is 6.03 Å². The maximum atomic E-state index is 11.7. The summed E-state index contributed by atoms with van der Waals surface area (Å²) in [5, 5.41) is 0. The van der Waals surface area contributed by atoms with Crippen LogP contribution in [-0.2, 0) is 4.74 Å². The maximum Gasteiger partial charge on any atom is 0.415 e. The van der Waals surface area contributed by atoms with Crippen LogP contribution in [0.15, 0.2) is 18.7 Å². The van der Waals surface area contributed by atoms with Crippen LogP contribution in [0, 0.1) is 0 Å². The zero-order chi connectivity index (χ0) is 9.10. The van der Waals surface area contributed by atoms with Gasteiger partial charge in [-0.1, -0.05) is 0 Å². The Bertz CT molecular complexity index is 278. The van der Waals surface area contributed by atoms with E-state index in [0.29, 0.717) is 26.3 Å². The lowest BCUT2D eigenvalue weighted by molar-refractivity contribution is -0.376. The molecule has 1 N–H and O–H groups in total. The van der Waals surface area contributed by atoms with Crippen LogP contribution >= 0.6 is 0 Å². The molecule has 1 aliphatic rings. The lowest BCUT2D eigenvalue weighted by Crippen LogP contribution is -2.42. The number of nitrogens with zero attached hydrogens (tertiary/aromatic N) is 2. The van der Waals surface area contributed by atoms with Crippen LogP contribution in [0.1, 0.15) is 0 Å². The summed E-state index contributed by atoms with van der Waals surface area (Å²) in [5.74, 6) is 0. The SMILES string of the molecule is O=C(N1CCOCC1)n1cc[nH+]c1. The molecule has 0 aromatic carbocycles. The topological polar surface area (TPSA) is 48.6 Å². The van der Waals surface area contributed by atoms with Crippen LogP contribution in [0.2, 0.25) is 0 Å². The molecule has 0 bridgehead atoms. The smallest absolute Gasteiger partial charge is 0.378 e. The fourth-order valence-electron chi connectivity index (χ4n) is 1.33. The molecule has 0 spiro atoms. The molecule has 1 aliphatic heterocycles. The molecule has 1 fully saturated rings. The third kappa shape index (κ3) is 1.70. The van der Waals surface area contributed by atoms with Crippen molar-refractivity contribution < 1.29 is 14.5 Å². The largest absolute Gasteiger partial charge is 0.415 e. The Labute approximate surface area is 75.9 Å². The Morgan fingerprint density at radius 2 is 2.15 bits per heavy atom. The van der Waals surface area contributed by atoms with Crippen LogP contribution in [0.5, 0.6) is 0 Å². The van der Waals surface area contributed by atoms with E-state index in [2.05, 4.69) is 4.98 Å². The Kier molecular flexibility index (Phi) is 2.27. The molecule has 1 amide bonds. The molecule has 0 radical (unpaired) electrons. The number of ether oxygens (including phenoxy) is 1. The van der Waals surface area contributed by atoms with Gasteiger partial charge in [-0.25, -0.2) is 9.78 Å². The summed E-state index contributed by atoms with van der Waals surface area (Å²) in [4.78, 5) is 16.3. The first kappa shape index (κ1) is 8.25. The number of H-pyrrole nitrogens is 1. The van der Waals surface area contributed by atoms with Gasteiger partial charge in [0.05, 0.1) is 13.2 Å². The number of rotatable bonds is 0. The van der Waals surface area contributed by atoms with E-state index in [0.717, 1.165) is 0 Å². The monoisotopic (exact) mass is 182 g/mol. The van der Waals surface area contributed by atoms with E-state index < -0.39 is 0 Å². The summed E-state index contributed by atoms with van der Waals surface area (Å²) in [6.07, 6.45) is 5.06. The van der Waals surface area contributed by atoms with Crippen molar-refractivity contribution in [3.8, 4) is 0 Å². The minimum absolute atomic E-state index is 0.00421. The second kappa shape index (κ2) is 3.57. The Morgan fingerprint density at radius 3 is 2.77 bits per heavy atom. The molecule has 1 aromatic heterocycles. The average molecular weight is 182 g/mol. The van der Waals surface area contributed by atoms with E-state index >= 15 is 0 Å². The number of aromatic amines is 1. The highest BCUT2D eigenvalue weighted by Gasteiger charge is 2.21. The number of amides is 1. The third-order valence-electron chi connectivity index (χ3n) is 2.05. The van der Waals surface area contributed by atoms with Crippen molar-refractivity contribution >= 4 is 6.03 Å². The van der Waals surface area contributed by atoms with Gasteiger partial charge in [-0.2, -0.15) is 4.57 Å². The minimum atomic E-state index is 0.00421. The summed E-state index contributed by atoms with van der Waals surface area (Å²) in [6.45, 7) is 2.63. The lowest BCUT2D eigenvalue weighted by atomic mass is 10.4. The molecule has 2 rings (SSSR count). The summed E-state index contributed by atoms with van der Waals surface area (Å²) >= 11 is 0. The fraction of sp³-hybridized carbons (Fsp3) is 0.500. The molecular formula is C8H12N3O2+. The van der Waals surface area contributed by atoms with Crippen LogP contribution < -0.4 is 4.98 Å². The van der Waals surface area contributed by atoms with Gasteiger partial charge in [0.2, 0.25) is 0 Å². The Morgan fingerprint density at radius 1 is 1.38 bits per heavy atom. The van der Waals surface area contributed by atoms with E-state index in [9.17, 15) is 4.79 Å². The lowest BCUT2D eigenvalue weighted by Gasteiger charge is -2.24. The van der Waals surface area contributed by atoms with Crippen molar-refractivity contribution in [2.24, 2.45) is 0 Å². The van der Waals surface area contributed by atoms with Gasteiger partial charge in [0.1, 0.15) is 12.4 Å². The van der Waals surface area contributed by atoms with Gasteiger partial charge in [0.15, 0.2) is 0 Å². The molecule has 2 heterocycles. The highest BCUT2D eigenvalue weighted by Crippen LogP contribution is 1.99. The normalized spacial score (nSPS) is 17.4. The average Bonchev–Trinajstić information content (AvgIpc) is 2.71. The van der Waals surface area contributed by atoms with E-state index in [1.807, 2.05) is 0 Å². The van der Waals surface area contributed by atoms with E-state index in [4.69, 9.17) is 4.74 Å². The zero-order valence-corrected chi connectivity index (χ0v) is 7.27. The standard InChI is InChI=1S/C8H11N3O2/c12-8(11-2-1-9-7-11)10-3-5-13-6-4-10/h1-2,7H,3-6H2/p+1. The molecule has 5 heteroatoms. The number of hydrogen-bond acceptors (Lipinski definition) is 2. The van der Waals surface area contributed by atoms with Crippen molar-refractivity contribution in [2.45, 2.75) is 0 Å². The number of morpholine rings is 1. The molecule has 0 unspecified atom stereocenters. The molecular weight excluding hydrogens is 170 g/mol. The van der Waals surface area contributed by atoms with E-state index in [1.165, 1.54) is 4.57 Å². The number of carbonyl (C=O) groups is 1. The van der Waals surface area contributed by atoms with Crippen LogP contribution in [0.4, 0.5) is 4.79 Å². The van der Waals surface area contributed by atoms with Crippen LogP contribution in [-0.4, -0.2) is 41.8 Å². The highest BCUT2D eigenvalue weighted by atomic mass is 16.5. The first-order valence-corrected chi connectivity index (χ1v) is 4.29. The van der Waals surface area contributed by atoms with Gasteiger partial charge in [-0.3, -0.25) is 4.90 Å². The molecule has 0 atom stereocenters. The fourth-order valence-corrected chi connectivity index (χ4v) is 1.33. The van der Waals surface area contributed by atoms with Crippen molar-refractivity contribution in [1.82, 2.24) is 9.47 Å². The number of carbonyl (C=O) groups excluding carboxylic acids is 1. The maximum absolute atomic E-state index is 11.7. The van der Waals surface area contributed by atoms with Crippen molar-refractivity contribution in [1.29, 1.82) is 0 Å². The predicted molar refractivity (Wildman–Crippen MR) is 44.2 cm³/mol. The van der Waals surface area contributed by atoms with Crippen LogP contribution in [0.3, 0.4) is 0 Å². The van der Waals surface area contributed by atoms with Crippen molar-refractivity contribution in [3.63, 3.8) is 0 Å². The number of imidazole rings is 1. The Balaban J connectivity index is 2.04. The number of aromatic nitrogens is 2. The Hall–Kier alpha value is -1.36. The number of nitrogens with one attached hydrogen (secondary N) is 1. The number of hydrogen-bond donors (Lipinski definition) is 0. The molecule has 13 heavy (non-hydrogen) atoms. The van der Waals surface area contributed by atoms with Crippen molar-refractivity contribution in [2.75, 3.05) is 26.3 Å². The molecule has 70 valence electrons. The van der Waals surface area contributed by atoms with Crippen molar-refractivity contribution in [3.05, 3.63) is 18.7 Å². The molecule has 1 saturated heterocycles. The predicted octanol–water partition coefficient (Wildman–Crippen LogP) is -0.398. The first-order chi connectivity index (χ1) is 6.38. The second-order valence-electron chi connectivity index (χ2n) is 2.90. The van der Waals surface area contributed by atoms with Gasteiger partial charge in [-0.05, 0) is 0 Å². The minimum Gasteiger partial charge on any atom is -0.378 e. The van der Waals surface area contributed by atoms with Crippen LogP contribution in [0.25, 0.3) is 0 Å². The highest BCUT2D eigenvalue weighted by molar-refractivity contribution is 5.76. The first-order valence-electron chi connectivity index (χ1n) is 4.29. The van der Waals surface area contributed by atoms with E-state index in [-0.39, 0.29) is 6.03 Å². The van der Waals surface area contributed by atoms with Gasteiger partial charge < -0.3 is 4.74 Å². The summed E-state index contributed by atoms with van der Waals surface area (Å²) < 4.78 is 6.69. The van der Waals surface area contributed by atoms with E-state index in [1.54, 1.807) is 23.6 Å². The van der Waals surface area contributed by atoms with Gasteiger partial charge in [0.25, 0.3) is 6.33 Å². The third-order valence-corrected chi connectivity index (χ3v) is 2.05. The summed E-state index contributed by atoms with van der Waals surface area (Å²) in [6, 6.07) is 0.00421. The summed E-state index contributed by atoms with van der Waals surface area (Å²) in [7, 11) is 0. The molecule has 0 aliphatic carbocycles.